The molecule has 1 aromatic carbocycles. The van der Waals surface area contributed by atoms with Crippen molar-refractivity contribution in [2.45, 2.75) is 20.3 Å². The minimum Gasteiger partial charge on any atom is -0.324 e. The number of aromatic amines is 1. The predicted molar refractivity (Wildman–Crippen MR) is 99.0 cm³/mol. The molecule has 26 heavy (non-hydrogen) atoms. The van der Waals surface area contributed by atoms with Crippen molar-refractivity contribution >= 4 is 56.9 Å². The summed E-state index contributed by atoms with van der Waals surface area (Å²) in [4.78, 5) is 34.9. The van der Waals surface area contributed by atoms with Crippen LogP contribution in [0.15, 0.2) is 17.5 Å². The van der Waals surface area contributed by atoms with Crippen molar-refractivity contribution < 1.29 is 14.0 Å². The maximum absolute atomic E-state index is 13.4. The van der Waals surface area contributed by atoms with E-state index in [1.165, 1.54) is 23.5 Å². The topological polar surface area (TPSA) is 99.8 Å². The van der Waals surface area contributed by atoms with Crippen LogP contribution >= 0.6 is 22.9 Å². The van der Waals surface area contributed by atoms with E-state index in [1.54, 1.807) is 19.2 Å². The lowest BCUT2D eigenvalue weighted by atomic mass is 10.2. The van der Waals surface area contributed by atoms with Crippen LogP contribution < -0.4 is 10.6 Å². The van der Waals surface area contributed by atoms with Crippen LogP contribution in [0.25, 0.3) is 11.0 Å². The lowest BCUT2D eigenvalue weighted by Gasteiger charge is -2.03. The van der Waals surface area contributed by atoms with Gasteiger partial charge in [-0.15, -0.1) is 11.3 Å². The normalized spacial score (nSPS) is 11.1. The molecule has 3 aromatic rings. The van der Waals surface area contributed by atoms with E-state index in [0.29, 0.717) is 21.9 Å². The zero-order valence-electron chi connectivity index (χ0n) is 13.9. The van der Waals surface area contributed by atoms with Crippen LogP contribution in [0.5, 0.6) is 0 Å². The van der Waals surface area contributed by atoms with Crippen molar-refractivity contribution in [1.82, 2.24) is 15.0 Å². The molecule has 0 unspecified atom stereocenters. The summed E-state index contributed by atoms with van der Waals surface area (Å²) < 4.78 is 13.4. The van der Waals surface area contributed by atoms with Crippen molar-refractivity contribution in [1.29, 1.82) is 0 Å². The Balaban J connectivity index is 1.64. The van der Waals surface area contributed by atoms with E-state index >= 15 is 0 Å². The molecule has 0 aliphatic carbocycles. The molecule has 3 rings (SSSR count). The first kappa shape index (κ1) is 18.3. The van der Waals surface area contributed by atoms with Crippen LogP contribution in [0.1, 0.15) is 19.5 Å². The molecule has 2 aromatic heterocycles. The molecule has 2 amide bonds. The molecule has 0 spiro atoms. The standard InChI is InChI=1S/C16H15ClFN5O2S/c1-7(2)14(25)23-16-19-8(6-26-16)3-13(24)22-15-20-11-4-9(17)10(18)5-12(11)21-15/h4-7H,3H2,1-2H3,(H,19,23,25)(H2,20,21,22,24). The summed E-state index contributed by atoms with van der Waals surface area (Å²) in [6.07, 6.45) is 0.0141. The van der Waals surface area contributed by atoms with E-state index in [1.807, 2.05) is 0 Å². The number of imidazole rings is 1. The van der Waals surface area contributed by atoms with Gasteiger partial charge in [0.25, 0.3) is 0 Å². The second-order valence-electron chi connectivity index (χ2n) is 5.88. The number of halogens is 2. The maximum Gasteiger partial charge on any atom is 0.232 e. The number of hydrogen-bond acceptors (Lipinski definition) is 5. The summed E-state index contributed by atoms with van der Waals surface area (Å²) in [5.41, 5.74) is 1.39. The van der Waals surface area contributed by atoms with Crippen LogP contribution in [0, 0.1) is 11.7 Å². The third kappa shape index (κ3) is 4.17. The molecule has 0 radical (unpaired) electrons. The van der Waals surface area contributed by atoms with Crippen LogP contribution in [-0.4, -0.2) is 26.8 Å². The van der Waals surface area contributed by atoms with Gasteiger partial charge in [-0.05, 0) is 6.07 Å². The van der Waals surface area contributed by atoms with Gasteiger partial charge < -0.3 is 10.3 Å². The number of H-pyrrole nitrogens is 1. The van der Waals surface area contributed by atoms with Crippen molar-refractivity contribution in [3.63, 3.8) is 0 Å². The number of carbonyl (C=O) groups excluding carboxylic acids is 2. The van der Waals surface area contributed by atoms with Gasteiger partial charge in [-0.2, -0.15) is 0 Å². The molecule has 7 nitrogen and oxygen atoms in total. The predicted octanol–water partition coefficient (Wildman–Crippen LogP) is 3.59. The molecule has 0 saturated heterocycles. The van der Waals surface area contributed by atoms with Gasteiger partial charge in [0.1, 0.15) is 5.82 Å². The van der Waals surface area contributed by atoms with Crippen molar-refractivity contribution in [2.24, 2.45) is 5.92 Å². The van der Waals surface area contributed by atoms with Crippen molar-refractivity contribution in [2.75, 3.05) is 10.6 Å². The summed E-state index contributed by atoms with van der Waals surface area (Å²) in [6, 6.07) is 2.59. The zero-order valence-corrected chi connectivity index (χ0v) is 15.5. The fraction of sp³-hybridized carbons (Fsp3) is 0.250. The number of carbonyl (C=O) groups is 2. The SMILES string of the molecule is CC(C)C(=O)Nc1nc(CC(=O)Nc2nc3cc(Cl)c(F)cc3[nH]2)cs1. The maximum atomic E-state index is 13.4. The molecule has 2 heterocycles. The average Bonchev–Trinajstić information content (AvgIpc) is 3.14. The number of thiazole rings is 1. The van der Waals surface area contributed by atoms with Crippen LogP contribution in [0.3, 0.4) is 0 Å². The monoisotopic (exact) mass is 395 g/mol. The van der Waals surface area contributed by atoms with E-state index in [-0.39, 0.29) is 35.1 Å². The number of aromatic nitrogens is 3. The van der Waals surface area contributed by atoms with Crippen molar-refractivity contribution in [3.8, 4) is 0 Å². The summed E-state index contributed by atoms with van der Waals surface area (Å²) in [7, 11) is 0. The third-order valence-electron chi connectivity index (χ3n) is 3.43. The molecular weight excluding hydrogens is 381 g/mol. The molecule has 3 N–H and O–H groups in total. The lowest BCUT2D eigenvalue weighted by molar-refractivity contribution is -0.119. The van der Waals surface area contributed by atoms with Gasteiger partial charge in [-0.25, -0.2) is 14.4 Å². The Morgan fingerprint density at radius 2 is 2.08 bits per heavy atom. The molecule has 136 valence electrons. The summed E-state index contributed by atoms with van der Waals surface area (Å²) in [5.74, 6) is -1.02. The molecule has 0 atom stereocenters. The third-order valence-corrected chi connectivity index (χ3v) is 4.53. The van der Waals surface area contributed by atoms with Gasteiger partial charge in [0.15, 0.2) is 5.13 Å². The molecule has 0 bridgehead atoms. The molecular formula is C16H15ClFN5O2S. The van der Waals surface area contributed by atoms with E-state index in [4.69, 9.17) is 11.6 Å². The molecule has 0 saturated carbocycles. The van der Waals surface area contributed by atoms with E-state index < -0.39 is 5.82 Å². The van der Waals surface area contributed by atoms with Crippen LogP contribution in [0.2, 0.25) is 5.02 Å². The fourth-order valence-corrected chi connectivity index (χ4v) is 2.97. The lowest BCUT2D eigenvalue weighted by Crippen LogP contribution is -2.18. The Kier molecular flexibility index (Phi) is 5.19. The Hall–Kier alpha value is -2.52. The van der Waals surface area contributed by atoms with Gasteiger partial charge in [-0.3, -0.25) is 14.9 Å². The smallest absolute Gasteiger partial charge is 0.232 e. The molecule has 0 aliphatic heterocycles. The number of amides is 2. The van der Waals surface area contributed by atoms with Crippen LogP contribution in [0.4, 0.5) is 15.5 Å². The number of nitrogens with zero attached hydrogens (tertiary/aromatic N) is 2. The molecule has 0 fully saturated rings. The molecule has 0 aliphatic rings. The largest absolute Gasteiger partial charge is 0.324 e. The minimum atomic E-state index is -0.570. The average molecular weight is 396 g/mol. The molecule has 10 heteroatoms. The van der Waals surface area contributed by atoms with Gasteiger partial charge in [0.05, 0.1) is 28.2 Å². The Morgan fingerprint density at radius 3 is 2.81 bits per heavy atom. The van der Waals surface area contributed by atoms with Gasteiger partial charge in [0.2, 0.25) is 17.8 Å². The number of fused-ring (bicyclic) bond motifs is 1. The Morgan fingerprint density at radius 1 is 1.31 bits per heavy atom. The fourth-order valence-electron chi connectivity index (χ4n) is 2.10. The van der Waals surface area contributed by atoms with E-state index in [9.17, 15) is 14.0 Å². The first-order valence-electron chi connectivity index (χ1n) is 7.71. The highest BCUT2D eigenvalue weighted by atomic mass is 35.5. The first-order chi connectivity index (χ1) is 12.3. The second kappa shape index (κ2) is 7.38. The Labute approximate surface area is 157 Å². The number of anilines is 2. The number of hydrogen-bond donors (Lipinski definition) is 3. The van der Waals surface area contributed by atoms with Gasteiger partial charge in [-0.1, -0.05) is 25.4 Å². The second-order valence-corrected chi connectivity index (χ2v) is 7.15. The number of rotatable bonds is 5. The summed E-state index contributed by atoms with van der Waals surface area (Å²) in [5, 5.41) is 7.38. The number of benzene rings is 1. The quantitative estimate of drug-likeness (QED) is 0.614. The van der Waals surface area contributed by atoms with E-state index in [0.717, 1.165) is 0 Å². The highest BCUT2D eigenvalue weighted by Crippen LogP contribution is 2.23. The first-order valence-corrected chi connectivity index (χ1v) is 8.97. The summed E-state index contributed by atoms with van der Waals surface area (Å²) in [6.45, 7) is 3.56. The minimum absolute atomic E-state index is 0.0141. The zero-order chi connectivity index (χ0) is 18.8. The highest BCUT2D eigenvalue weighted by Gasteiger charge is 2.14. The van der Waals surface area contributed by atoms with Gasteiger partial charge in [0, 0.05) is 17.4 Å². The Bertz CT molecular complexity index is 945. The highest BCUT2D eigenvalue weighted by molar-refractivity contribution is 7.13. The summed E-state index contributed by atoms with van der Waals surface area (Å²) >= 11 is 6.96. The number of nitrogens with one attached hydrogen (secondary N) is 3. The van der Waals surface area contributed by atoms with Gasteiger partial charge >= 0.3 is 0 Å². The van der Waals surface area contributed by atoms with E-state index in [2.05, 4.69) is 25.6 Å². The van der Waals surface area contributed by atoms with Crippen molar-refractivity contribution in [3.05, 3.63) is 34.0 Å². The van der Waals surface area contributed by atoms with Crippen LogP contribution in [-0.2, 0) is 16.0 Å².